The van der Waals surface area contributed by atoms with Crippen LogP contribution >= 0.6 is 0 Å². The number of nitrogens with zero attached hydrogens (tertiary/aromatic N) is 5. The lowest BCUT2D eigenvalue weighted by Gasteiger charge is -2.05. The Bertz CT molecular complexity index is 921. The average molecular weight is 302 g/mol. The van der Waals surface area contributed by atoms with Crippen LogP contribution in [0.25, 0.3) is 28.3 Å². The van der Waals surface area contributed by atoms with Crippen LogP contribution in [0.5, 0.6) is 0 Å². The molecule has 112 valence electrons. The number of benzene rings is 2. The fourth-order valence-electron chi connectivity index (χ4n) is 2.50. The van der Waals surface area contributed by atoms with Crippen LogP contribution in [-0.4, -0.2) is 30.4 Å². The summed E-state index contributed by atoms with van der Waals surface area (Å²) in [5.74, 6) is 0.654. The summed E-state index contributed by atoms with van der Waals surface area (Å²) in [5, 5.41) is 19.3. The molecule has 2 aromatic heterocycles. The Labute approximate surface area is 132 Å². The van der Waals surface area contributed by atoms with Crippen molar-refractivity contribution in [3.8, 4) is 28.3 Å². The van der Waals surface area contributed by atoms with Gasteiger partial charge < -0.3 is 0 Å². The summed E-state index contributed by atoms with van der Waals surface area (Å²) in [6.45, 7) is 2.05. The van der Waals surface area contributed by atoms with Crippen LogP contribution in [0.1, 0.15) is 5.56 Å². The Morgan fingerprint density at radius 2 is 1.74 bits per heavy atom. The number of aromatic nitrogens is 6. The molecule has 0 atom stereocenters. The van der Waals surface area contributed by atoms with Crippen molar-refractivity contribution in [2.75, 3.05) is 0 Å². The third kappa shape index (κ3) is 2.40. The molecular formula is C17H14N6. The van der Waals surface area contributed by atoms with Gasteiger partial charge in [0.2, 0.25) is 0 Å². The highest BCUT2D eigenvalue weighted by molar-refractivity contribution is 5.77. The monoisotopic (exact) mass is 302 g/mol. The fourth-order valence-corrected chi connectivity index (χ4v) is 2.50. The molecule has 0 aliphatic heterocycles. The predicted molar refractivity (Wildman–Crippen MR) is 86.9 cm³/mol. The molecule has 0 spiro atoms. The molecule has 2 aromatic carbocycles. The maximum Gasteiger partial charge on any atom is 0.190 e. The first kappa shape index (κ1) is 13.4. The first-order valence-corrected chi connectivity index (χ1v) is 7.27. The molecule has 2 heterocycles. The number of rotatable bonds is 3. The third-order valence-electron chi connectivity index (χ3n) is 3.69. The molecule has 0 amide bonds. The lowest BCUT2D eigenvalue weighted by atomic mass is 10.1. The molecule has 4 aromatic rings. The van der Waals surface area contributed by atoms with E-state index in [9.17, 15) is 0 Å². The summed E-state index contributed by atoms with van der Waals surface area (Å²) >= 11 is 0. The van der Waals surface area contributed by atoms with Crippen LogP contribution in [0.3, 0.4) is 0 Å². The van der Waals surface area contributed by atoms with E-state index < -0.39 is 0 Å². The zero-order valence-electron chi connectivity index (χ0n) is 12.5. The molecular weight excluding hydrogens is 288 g/mol. The largest absolute Gasteiger partial charge is 0.277 e. The average Bonchev–Trinajstić information content (AvgIpc) is 3.25. The second-order valence-electron chi connectivity index (χ2n) is 5.27. The van der Waals surface area contributed by atoms with Gasteiger partial charge in [-0.25, -0.2) is 0 Å². The van der Waals surface area contributed by atoms with Gasteiger partial charge in [0, 0.05) is 5.56 Å². The molecule has 0 saturated heterocycles. The molecule has 0 bridgehead atoms. The summed E-state index contributed by atoms with van der Waals surface area (Å²) in [6.07, 6.45) is 1.75. The SMILES string of the molecule is Cc1ccc(-n2nnnc2-c2cn[nH]c2-c2ccccc2)cc1. The van der Waals surface area contributed by atoms with Crippen molar-refractivity contribution >= 4 is 0 Å². The lowest BCUT2D eigenvalue weighted by Crippen LogP contribution is -2.00. The van der Waals surface area contributed by atoms with E-state index in [0.29, 0.717) is 5.82 Å². The van der Waals surface area contributed by atoms with E-state index >= 15 is 0 Å². The summed E-state index contributed by atoms with van der Waals surface area (Å²) in [6, 6.07) is 18.1. The summed E-state index contributed by atoms with van der Waals surface area (Å²) < 4.78 is 1.72. The van der Waals surface area contributed by atoms with Crippen LogP contribution in [0.15, 0.2) is 60.8 Å². The van der Waals surface area contributed by atoms with Gasteiger partial charge in [0.1, 0.15) is 0 Å². The van der Waals surface area contributed by atoms with Crippen molar-refractivity contribution in [1.82, 2.24) is 30.4 Å². The number of nitrogens with one attached hydrogen (secondary N) is 1. The van der Waals surface area contributed by atoms with E-state index in [1.165, 1.54) is 5.56 Å². The van der Waals surface area contributed by atoms with E-state index in [4.69, 9.17) is 0 Å². The normalized spacial score (nSPS) is 10.8. The molecule has 6 nitrogen and oxygen atoms in total. The maximum atomic E-state index is 4.19. The minimum Gasteiger partial charge on any atom is -0.277 e. The predicted octanol–water partition coefficient (Wildman–Crippen LogP) is 3.03. The van der Waals surface area contributed by atoms with Crippen molar-refractivity contribution in [1.29, 1.82) is 0 Å². The number of hydrogen-bond donors (Lipinski definition) is 1. The number of aromatic amines is 1. The molecule has 6 heteroatoms. The van der Waals surface area contributed by atoms with Crippen molar-refractivity contribution in [3.63, 3.8) is 0 Å². The van der Waals surface area contributed by atoms with Crippen molar-refractivity contribution in [2.45, 2.75) is 6.92 Å². The first-order valence-electron chi connectivity index (χ1n) is 7.27. The zero-order valence-corrected chi connectivity index (χ0v) is 12.5. The second-order valence-corrected chi connectivity index (χ2v) is 5.27. The summed E-state index contributed by atoms with van der Waals surface area (Å²) in [7, 11) is 0. The number of tetrazole rings is 1. The van der Waals surface area contributed by atoms with Gasteiger partial charge in [0.05, 0.1) is 23.1 Å². The van der Waals surface area contributed by atoms with Crippen molar-refractivity contribution in [3.05, 3.63) is 66.4 Å². The third-order valence-corrected chi connectivity index (χ3v) is 3.69. The Kier molecular flexibility index (Phi) is 3.20. The molecule has 0 saturated carbocycles. The van der Waals surface area contributed by atoms with Gasteiger partial charge in [-0.05, 0) is 29.5 Å². The van der Waals surface area contributed by atoms with Gasteiger partial charge >= 0.3 is 0 Å². The van der Waals surface area contributed by atoms with E-state index in [1.54, 1.807) is 10.9 Å². The fraction of sp³-hybridized carbons (Fsp3) is 0.0588. The Hall–Kier alpha value is -3.28. The first-order chi connectivity index (χ1) is 11.3. The second kappa shape index (κ2) is 5.49. The van der Waals surface area contributed by atoms with Gasteiger partial charge in [0.25, 0.3) is 0 Å². The molecule has 0 fully saturated rings. The van der Waals surface area contributed by atoms with Crippen LogP contribution in [-0.2, 0) is 0 Å². The number of H-pyrrole nitrogens is 1. The molecule has 0 radical (unpaired) electrons. The molecule has 23 heavy (non-hydrogen) atoms. The molecule has 0 aliphatic carbocycles. The number of aryl methyl sites for hydroxylation is 1. The topological polar surface area (TPSA) is 72.3 Å². The van der Waals surface area contributed by atoms with Crippen LogP contribution in [0.4, 0.5) is 0 Å². The zero-order chi connectivity index (χ0) is 15.6. The minimum absolute atomic E-state index is 0.654. The van der Waals surface area contributed by atoms with Gasteiger partial charge in [-0.15, -0.1) is 5.10 Å². The van der Waals surface area contributed by atoms with Crippen LogP contribution in [0, 0.1) is 6.92 Å². The smallest absolute Gasteiger partial charge is 0.190 e. The molecule has 1 N–H and O–H groups in total. The van der Waals surface area contributed by atoms with Gasteiger partial charge in [-0.3, -0.25) is 5.10 Å². The summed E-state index contributed by atoms with van der Waals surface area (Å²) in [4.78, 5) is 0. The van der Waals surface area contributed by atoms with E-state index in [0.717, 1.165) is 22.5 Å². The highest BCUT2D eigenvalue weighted by Crippen LogP contribution is 2.29. The highest BCUT2D eigenvalue weighted by Gasteiger charge is 2.17. The van der Waals surface area contributed by atoms with Crippen LogP contribution < -0.4 is 0 Å². The lowest BCUT2D eigenvalue weighted by molar-refractivity contribution is 0.791. The van der Waals surface area contributed by atoms with Crippen LogP contribution in [0.2, 0.25) is 0 Å². The Balaban J connectivity index is 1.84. The molecule has 0 aliphatic rings. The van der Waals surface area contributed by atoms with E-state index in [1.807, 2.05) is 61.5 Å². The van der Waals surface area contributed by atoms with Gasteiger partial charge in [0.15, 0.2) is 5.82 Å². The van der Waals surface area contributed by atoms with Gasteiger partial charge in [-0.1, -0.05) is 48.0 Å². The number of hydrogen-bond acceptors (Lipinski definition) is 4. The van der Waals surface area contributed by atoms with Crippen molar-refractivity contribution < 1.29 is 0 Å². The molecule has 4 rings (SSSR count). The molecule has 0 unspecified atom stereocenters. The Morgan fingerprint density at radius 3 is 2.52 bits per heavy atom. The quantitative estimate of drug-likeness (QED) is 0.631. The highest BCUT2D eigenvalue weighted by atomic mass is 15.5. The minimum atomic E-state index is 0.654. The van der Waals surface area contributed by atoms with Gasteiger partial charge in [-0.2, -0.15) is 9.78 Å². The standard InChI is InChI=1S/C17H14N6/c1-12-7-9-14(10-8-12)23-17(20-21-22-23)15-11-18-19-16(15)13-5-3-2-4-6-13/h2-11H,1H3,(H,18,19). The Morgan fingerprint density at radius 1 is 0.957 bits per heavy atom. The summed E-state index contributed by atoms with van der Waals surface area (Å²) in [5.41, 5.74) is 4.90. The maximum absolute atomic E-state index is 4.19. The van der Waals surface area contributed by atoms with E-state index in [2.05, 4.69) is 25.7 Å². The van der Waals surface area contributed by atoms with Crippen molar-refractivity contribution in [2.24, 2.45) is 0 Å². The van der Waals surface area contributed by atoms with E-state index in [-0.39, 0.29) is 0 Å².